The zero-order valence-electron chi connectivity index (χ0n) is 13.9. The molecule has 0 unspecified atom stereocenters. The van der Waals surface area contributed by atoms with Crippen molar-refractivity contribution in [1.82, 2.24) is 4.98 Å². The second-order valence-electron chi connectivity index (χ2n) is 5.58. The minimum absolute atomic E-state index is 0.0668. The topological polar surface area (TPSA) is 74.7 Å². The van der Waals surface area contributed by atoms with Gasteiger partial charge >= 0.3 is 5.97 Å². The summed E-state index contributed by atoms with van der Waals surface area (Å²) in [6, 6.07) is 9.32. The summed E-state index contributed by atoms with van der Waals surface area (Å²) in [5, 5.41) is 2.81. The van der Waals surface area contributed by atoms with Crippen LogP contribution in [-0.2, 0) is 22.6 Å². The van der Waals surface area contributed by atoms with Crippen molar-refractivity contribution in [2.75, 3.05) is 7.11 Å². The molecule has 0 bridgehead atoms. The number of rotatable bonds is 6. The number of carbonyl (C=O) groups is 1. The lowest BCUT2D eigenvalue weighted by molar-refractivity contribution is -0.144. The van der Waals surface area contributed by atoms with Gasteiger partial charge in [0, 0.05) is 17.0 Å². The van der Waals surface area contributed by atoms with Crippen LogP contribution in [0.5, 0.6) is 5.75 Å². The van der Waals surface area contributed by atoms with E-state index in [0.717, 1.165) is 15.8 Å². The van der Waals surface area contributed by atoms with Gasteiger partial charge in [-0.1, -0.05) is 6.07 Å². The van der Waals surface area contributed by atoms with Gasteiger partial charge in [0.1, 0.15) is 29.9 Å². The maximum Gasteiger partial charge on any atom is 0.310 e. The Balaban J connectivity index is 1.38. The van der Waals surface area contributed by atoms with Crippen molar-refractivity contribution in [1.29, 1.82) is 0 Å². The van der Waals surface area contributed by atoms with Gasteiger partial charge in [-0.2, -0.15) is 0 Å². The lowest BCUT2D eigenvalue weighted by atomic mass is 10.1. The van der Waals surface area contributed by atoms with Gasteiger partial charge in [-0.05, 0) is 23.6 Å². The van der Waals surface area contributed by atoms with Crippen molar-refractivity contribution in [2.24, 2.45) is 0 Å². The number of hydrogen-bond acceptors (Lipinski definition) is 7. The lowest BCUT2D eigenvalue weighted by Crippen LogP contribution is -2.07. The van der Waals surface area contributed by atoms with Crippen LogP contribution in [0.3, 0.4) is 0 Å². The van der Waals surface area contributed by atoms with Crippen molar-refractivity contribution < 1.29 is 23.1 Å². The molecule has 0 aliphatic carbocycles. The highest BCUT2D eigenvalue weighted by Crippen LogP contribution is 2.26. The van der Waals surface area contributed by atoms with E-state index in [1.807, 2.05) is 29.6 Å². The van der Waals surface area contributed by atoms with E-state index < -0.39 is 0 Å². The number of hydrogen-bond donors (Lipinski definition) is 0. The van der Waals surface area contributed by atoms with Gasteiger partial charge < -0.3 is 18.3 Å². The molecule has 6 nitrogen and oxygen atoms in total. The van der Waals surface area contributed by atoms with E-state index in [1.54, 1.807) is 19.4 Å². The Morgan fingerprint density at radius 3 is 2.96 bits per heavy atom. The van der Waals surface area contributed by atoms with Crippen molar-refractivity contribution in [3.8, 4) is 16.5 Å². The first kappa shape index (κ1) is 16.4. The van der Waals surface area contributed by atoms with Crippen molar-refractivity contribution in [3.63, 3.8) is 0 Å². The number of benzene rings is 1. The third-order valence-corrected chi connectivity index (χ3v) is 4.72. The molecule has 0 N–H and O–H groups in total. The molecule has 0 fully saturated rings. The Morgan fingerprint density at radius 1 is 1.23 bits per heavy atom. The smallest absolute Gasteiger partial charge is 0.310 e. The molecular formula is C19H15NO5S. The summed E-state index contributed by atoms with van der Waals surface area (Å²) >= 11 is 1.54. The number of furan rings is 1. The molecule has 0 radical (unpaired) electrons. The van der Waals surface area contributed by atoms with Crippen LogP contribution in [0.1, 0.15) is 11.3 Å². The number of methoxy groups -OCH3 is 1. The monoisotopic (exact) mass is 369 g/mol. The Bertz CT molecular complexity index is 1030. The summed E-state index contributed by atoms with van der Waals surface area (Å²) in [4.78, 5) is 17.4. The number of fused-ring (bicyclic) bond motifs is 1. The van der Waals surface area contributed by atoms with Crippen LogP contribution in [0.2, 0.25) is 0 Å². The molecule has 0 atom stereocenters. The molecule has 26 heavy (non-hydrogen) atoms. The summed E-state index contributed by atoms with van der Waals surface area (Å²) in [7, 11) is 1.59. The van der Waals surface area contributed by atoms with E-state index in [1.165, 1.54) is 17.6 Å². The van der Waals surface area contributed by atoms with Crippen LogP contribution in [0.15, 0.2) is 57.1 Å². The largest absolute Gasteiger partial charge is 0.497 e. The zero-order chi connectivity index (χ0) is 17.9. The third kappa shape index (κ3) is 3.34. The SMILES string of the molecule is COc1ccc2c(CC(=O)OCc3coc(-c4cccs4)n3)coc2c1. The number of aromatic nitrogens is 1. The first-order valence-electron chi connectivity index (χ1n) is 7.91. The van der Waals surface area contributed by atoms with Gasteiger partial charge in [0.2, 0.25) is 5.89 Å². The van der Waals surface area contributed by atoms with Crippen molar-refractivity contribution in [2.45, 2.75) is 13.0 Å². The van der Waals surface area contributed by atoms with Gasteiger partial charge in [0.15, 0.2) is 0 Å². The second-order valence-corrected chi connectivity index (χ2v) is 6.53. The van der Waals surface area contributed by atoms with Crippen LogP contribution in [-0.4, -0.2) is 18.1 Å². The normalized spacial score (nSPS) is 11.0. The summed E-state index contributed by atoms with van der Waals surface area (Å²) in [6.45, 7) is 0.0668. The molecule has 4 rings (SSSR count). The molecule has 3 heterocycles. The zero-order valence-corrected chi connectivity index (χ0v) is 14.7. The van der Waals surface area contributed by atoms with Crippen molar-refractivity contribution >= 4 is 28.3 Å². The number of esters is 1. The molecule has 4 aromatic rings. The molecule has 7 heteroatoms. The fraction of sp³-hybridized carbons (Fsp3) is 0.158. The van der Waals surface area contributed by atoms with E-state index in [2.05, 4.69) is 4.98 Å². The van der Waals surface area contributed by atoms with Crippen LogP contribution in [0.25, 0.3) is 21.7 Å². The number of nitrogens with zero attached hydrogens (tertiary/aromatic N) is 1. The van der Waals surface area contributed by atoms with Gasteiger partial charge in [-0.15, -0.1) is 11.3 Å². The van der Waals surface area contributed by atoms with E-state index >= 15 is 0 Å². The first-order valence-corrected chi connectivity index (χ1v) is 8.79. The summed E-state index contributed by atoms with van der Waals surface area (Å²) < 4.78 is 21.4. The predicted molar refractivity (Wildman–Crippen MR) is 96.1 cm³/mol. The van der Waals surface area contributed by atoms with Crippen LogP contribution in [0, 0.1) is 0 Å². The highest BCUT2D eigenvalue weighted by atomic mass is 32.1. The molecule has 0 spiro atoms. The molecule has 0 aliphatic rings. The Morgan fingerprint density at radius 2 is 2.15 bits per heavy atom. The number of ether oxygens (including phenoxy) is 2. The fourth-order valence-corrected chi connectivity index (χ4v) is 3.23. The van der Waals surface area contributed by atoms with E-state index in [4.69, 9.17) is 18.3 Å². The Labute approximate surface area is 153 Å². The fourth-order valence-electron chi connectivity index (χ4n) is 2.58. The lowest BCUT2D eigenvalue weighted by Gasteiger charge is -2.02. The molecule has 1 aromatic carbocycles. The predicted octanol–water partition coefficient (Wildman–Crippen LogP) is 4.44. The van der Waals surface area contributed by atoms with Crippen LogP contribution < -0.4 is 4.74 Å². The van der Waals surface area contributed by atoms with E-state index in [0.29, 0.717) is 22.9 Å². The quantitative estimate of drug-likeness (QED) is 0.468. The Kier molecular flexibility index (Phi) is 4.45. The number of thiophene rings is 1. The van der Waals surface area contributed by atoms with Crippen LogP contribution in [0.4, 0.5) is 0 Å². The van der Waals surface area contributed by atoms with Gasteiger partial charge in [0.05, 0.1) is 24.7 Å². The molecule has 132 valence electrons. The molecule has 0 saturated heterocycles. The van der Waals surface area contributed by atoms with Crippen LogP contribution >= 0.6 is 11.3 Å². The van der Waals surface area contributed by atoms with E-state index in [9.17, 15) is 4.79 Å². The molecule has 0 aliphatic heterocycles. The minimum Gasteiger partial charge on any atom is -0.497 e. The van der Waals surface area contributed by atoms with E-state index in [-0.39, 0.29) is 19.0 Å². The van der Waals surface area contributed by atoms with Gasteiger partial charge in [-0.25, -0.2) is 4.98 Å². The highest BCUT2D eigenvalue weighted by molar-refractivity contribution is 7.13. The Hall–Kier alpha value is -3.06. The average Bonchev–Trinajstić information content (AvgIpc) is 3.40. The summed E-state index contributed by atoms with van der Waals surface area (Å²) in [5.74, 6) is 0.874. The standard InChI is InChI=1S/C19H15NO5S/c1-22-14-4-5-15-12(9-23-16(15)8-14)7-18(21)24-10-13-11-25-19(20-13)17-3-2-6-26-17/h2-6,8-9,11H,7,10H2,1H3. The maximum atomic E-state index is 12.1. The molecule has 3 aromatic heterocycles. The van der Waals surface area contributed by atoms with Crippen molar-refractivity contribution in [3.05, 3.63) is 59.5 Å². The second kappa shape index (κ2) is 7.05. The molecule has 0 saturated carbocycles. The molecule has 0 amide bonds. The number of oxazole rings is 1. The highest BCUT2D eigenvalue weighted by Gasteiger charge is 2.14. The molecular weight excluding hydrogens is 354 g/mol. The third-order valence-electron chi connectivity index (χ3n) is 3.86. The summed E-state index contributed by atoms with van der Waals surface area (Å²) in [5.41, 5.74) is 2.01. The summed E-state index contributed by atoms with van der Waals surface area (Å²) in [6.07, 6.45) is 3.19. The minimum atomic E-state index is -0.357. The van der Waals surface area contributed by atoms with Gasteiger partial charge in [0.25, 0.3) is 0 Å². The maximum absolute atomic E-state index is 12.1. The number of carbonyl (C=O) groups excluding carboxylic acids is 1. The van der Waals surface area contributed by atoms with Gasteiger partial charge in [-0.3, -0.25) is 4.79 Å². The average molecular weight is 369 g/mol. The first-order chi connectivity index (χ1) is 12.7.